The SMILES string of the molecule is COc1c(C)c(-c2c(C)c(OC)c3c(c2OC)C(=O)C(=O)C=C3)c(OC)c2c1C=CC(=O)C2=O. The molecule has 2 aromatic carbocycles. The quantitative estimate of drug-likeness (QED) is 0.621. The van der Waals surface area contributed by atoms with Crippen LogP contribution < -0.4 is 18.9 Å². The average molecular weight is 462 g/mol. The van der Waals surface area contributed by atoms with Crippen LogP contribution in [0, 0.1) is 13.8 Å². The molecule has 0 saturated heterocycles. The highest BCUT2D eigenvalue weighted by atomic mass is 16.5. The van der Waals surface area contributed by atoms with E-state index in [9.17, 15) is 19.2 Å². The van der Waals surface area contributed by atoms with Crippen LogP contribution in [0.15, 0.2) is 12.2 Å². The van der Waals surface area contributed by atoms with Crippen LogP contribution >= 0.6 is 0 Å². The zero-order valence-electron chi connectivity index (χ0n) is 19.6. The largest absolute Gasteiger partial charge is 0.496 e. The standard InChI is InChI=1S/C26H22O8/c1-11-17(25(33-5)19-13(23(11)31-3)7-9-15(27)21(19)29)18-12(2)24(32-4)14-8-10-16(28)22(30)20(14)26(18)34-6/h7-10H,1-6H3. The van der Waals surface area contributed by atoms with Gasteiger partial charge in [0.05, 0.1) is 39.6 Å². The molecule has 174 valence electrons. The number of benzene rings is 2. The van der Waals surface area contributed by atoms with Gasteiger partial charge in [-0.15, -0.1) is 0 Å². The topological polar surface area (TPSA) is 105 Å². The number of allylic oxidation sites excluding steroid dienone is 2. The summed E-state index contributed by atoms with van der Waals surface area (Å²) in [6, 6.07) is 0. The first-order valence-electron chi connectivity index (χ1n) is 10.3. The molecule has 0 radical (unpaired) electrons. The molecule has 0 unspecified atom stereocenters. The Morgan fingerprint density at radius 2 is 0.794 bits per heavy atom. The molecule has 2 aliphatic carbocycles. The van der Waals surface area contributed by atoms with Crippen molar-refractivity contribution < 1.29 is 38.1 Å². The van der Waals surface area contributed by atoms with E-state index in [0.29, 0.717) is 44.9 Å². The molecule has 0 amide bonds. The third-order valence-corrected chi connectivity index (χ3v) is 6.14. The second kappa shape index (κ2) is 8.30. The fourth-order valence-corrected chi connectivity index (χ4v) is 4.71. The fraction of sp³-hybridized carbons (Fsp3) is 0.231. The van der Waals surface area contributed by atoms with E-state index in [2.05, 4.69) is 0 Å². The van der Waals surface area contributed by atoms with E-state index in [1.54, 1.807) is 13.8 Å². The van der Waals surface area contributed by atoms with Gasteiger partial charge in [0.1, 0.15) is 23.0 Å². The van der Waals surface area contributed by atoms with E-state index in [4.69, 9.17) is 18.9 Å². The van der Waals surface area contributed by atoms with Gasteiger partial charge in [0.2, 0.25) is 23.1 Å². The molecule has 2 aromatic rings. The Morgan fingerprint density at radius 3 is 1.09 bits per heavy atom. The van der Waals surface area contributed by atoms with Gasteiger partial charge in [-0.05, 0) is 38.2 Å². The predicted octanol–water partition coefficient (Wildman–Crippen LogP) is 3.56. The van der Waals surface area contributed by atoms with E-state index in [0.717, 1.165) is 0 Å². The minimum atomic E-state index is -0.746. The maximum atomic E-state index is 12.9. The Bertz CT molecular complexity index is 1270. The van der Waals surface area contributed by atoms with Gasteiger partial charge in [0.25, 0.3) is 0 Å². The lowest BCUT2D eigenvalue weighted by Gasteiger charge is -2.27. The number of ketones is 4. The minimum Gasteiger partial charge on any atom is -0.496 e. The van der Waals surface area contributed by atoms with Crippen molar-refractivity contribution in [3.05, 3.63) is 45.5 Å². The molecule has 0 atom stereocenters. The van der Waals surface area contributed by atoms with E-state index in [1.807, 2.05) is 0 Å². The number of rotatable bonds is 5. The Balaban J connectivity index is 2.26. The van der Waals surface area contributed by atoms with Crippen LogP contribution in [-0.2, 0) is 9.59 Å². The Kier molecular flexibility index (Phi) is 5.61. The third kappa shape index (κ3) is 2.98. The van der Waals surface area contributed by atoms with E-state index in [-0.39, 0.29) is 22.6 Å². The summed E-state index contributed by atoms with van der Waals surface area (Å²) < 4.78 is 22.7. The smallest absolute Gasteiger partial charge is 0.237 e. The molecular formula is C26H22O8. The van der Waals surface area contributed by atoms with Gasteiger partial charge in [0.15, 0.2) is 0 Å². The molecule has 8 heteroatoms. The molecule has 0 saturated carbocycles. The summed E-state index contributed by atoms with van der Waals surface area (Å²) in [7, 11) is 5.68. The number of hydrogen-bond donors (Lipinski definition) is 0. The van der Waals surface area contributed by atoms with E-state index >= 15 is 0 Å². The van der Waals surface area contributed by atoms with Gasteiger partial charge < -0.3 is 18.9 Å². The second-order valence-electron chi connectivity index (χ2n) is 7.76. The molecule has 0 fully saturated rings. The van der Waals surface area contributed by atoms with Gasteiger partial charge in [-0.25, -0.2) is 0 Å². The number of methoxy groups -OCH3 is 4. The van der Waals surface area contributed by atoms with E-state index < -0.39 is 23.1 Å². The summed E-state index contributed by atoms with van der Waals surface area (Å²) >= 11 is 0. The van der Waals surface area contributed by atoms with Gasteiger partial charge in [-0.3, -0.25) is 19.2 Å². The zero-order chi connectivity index (χ0) is 24.9. The lowest BCUT2D eigenvalue weighted by atomic mass is 9.81. The summed E-state index contributed by atoms with van der Waals surface area (Å²) in [5.74, 6) is -1.89. The average Bonchev–Trinajstić information content (AvgIpc) is 2.82. The van der Waals surface area contributed by atoms with Crippen LogP contribution in [0.5, 0.6) is 23.0 Å². The first-order chi connectivity index (χ1) is 16.2. The van der Waals surface area contributed by atoms with Crippen LogP contribution in [0.3, 0.4) is 0 Å². The van der Waals surface area contributed by atoms with Crippen molar-refractivity contribution in [2.75, 3.05) is 28.4 Å². The van der Waals surface area contributed by atoms with Crippen molar-refractivity contribution >= 4 is 35.3 Å². The Morgan fingerprint density at radius 1 is 0.471 bits per heavy atom. The monoisotopic (exact) mass is 462 g/mol. The van der Waals surface area contributed by atoms with E-state index in [1.165, 1.54) is 52.7 Å². The number of hydrogen-bond acceptors (Lipinski definition) is 8. The molecule has 0 heterocycles. The highest BCUT2D eigenvalue weighted by molar-refractivity contribution is 6.51. The van der Waals surface area contributed by atoms with Gasteiger partial charge in [-0.2, -0.15) is 0 Å². The summed E-state index contributed by atoms with van der Waals surface area (Å²) in [5.41, 5.74) is 2.87. The summed E-state index contributed by atoms with van der Waals surface area (Å²) in [5, 5.41) is 0. The third-order valence-electron chi connectivity index (χ3n) is 6.14. The van der Waals surface area contributed by atoms with Crippen LogP contribution in [0.25, 0.3) is 23.3 Å². The maximum Gasteiger partial charge on any atom is 0.237 e. The highest BCUT2D eigenvalue weighted by Gasteiger charge is 2.37. The van der Waals surface area contributed by atoms with Crippen molar-refractivity contribution in [2.24, 2.45) is 0 Å². The van der Waals surface area contributed by atoms with Crippen molar-refractivity contribution in [1.29, 1.82) is 0 Å². The summed E-state index contributed by atoms with van der Waals surface area (Å²) in [6.45, 7) is 3.53. The molecule has 34 heavy (non-hydrogen) atoms. The first kappa shape index (κ1) is 23.0. The van der Waals surface area contributed by atoms with Crippen molar-refractivity contribution in [3.8, 4) is 34.1 Å². The van der Waals surface area contributed by atoms with Crippen LogP contribution in [0.2, 0.25) is 0 Å². The number of Topliss-reactive ketones (excluding diaryl/α,β-unsaturated/α-hetero) is 2. The number of ether oxygens (including phenoxy) is 4. The molecule has 4 rings (SSSR count). The first-order valence-corrected chi connectivity index (χ1v) is 10.3. The summed E-state index contributed by atoms with van der Waals surface area (Å²) in [6.07, 6.45) is 5.41. The van der Waals surface area contributed by atoms with Gasteiger partial charge in [-0.1, -0.05) is 0 Å². The Hall–Kier alpha value is -4.20. The normalized spacial score (nSPS) is 14.2. The molecule has 8 nitrogen and oxygen atoms in total. The zero-order valence-corrected chi connectivity index (χ0v) is 19.6. The van der Waals surface area contributed by atoms with Crippen LogP contribution in [-0.4, -0.2) is 51.6 Å². The van der Waals surface area contributed by atoms with Crippen molar-refractivity contribution in [3.63, 3.8) is 0 Å². The molecule has 0 bridgehead atoms. The van der Waals surface area contributed by atoms with Crippen LogP contribution in [0.4, 0.5) is 0 Å². The minimum absolute atomic E-state index is 0.0490. The molecule has 0 aromatic heterocycles. The number of carbonyl (C=O) groups is 4. The highest BCUT2D eigenvalue weighted by Crippen LogP contribution is 2.53. The van der Waals surface area contributed by atoms with Crippen molar-refractivity contribution in [1.82, 2.24) is 0 Å². The van der Waals surface area contributed by atoms with Gasteiger partial charge in [0, 0.05) is 33.4 Å². The van der Waals surface area contributed by atoms with Gasteiger partial charge >= 0.3 is 0 Å². The molecule has 0 spiro atoms. The summed E-state index contributed by atoms with van der Waals surface area (Å²) in [4.78, 5) is 50.4. The van der Waals surface area contributed by atoms with Crippen LogP contribution in [0.1, 0.15) is 43.0 Å². The molecular weight excluding hydrogens is 440 g/mol. The lowest BCUT2D eigenvalue weighted by molar-refractivity contribution is -0.111. The molecule has 2 aliphatic rings. The molecule has 0 N–H and O–H groups in total. The Labute approximate surface area is 195 Å². The fourth-order valence-electron chi connectivity index (χ4n) is 4.71. The second-order valence-corrected chi connectivity index (χ2v) is 7.76. The predicted molar refractivity (Wildman–Crippen MR) is 124 cm³/mol. The number of fused-ring (bicyclic) bond motifs is 2. The van der Waals surface area contributed by atoms with Crippen molar-refractivity contribution in [2.45, 2.75) is 13.8 Å². The lowest BCUT2D eigenvalue weighted by Crippen LogP contribution is -2.21. The maximum absolute atomic E-state index is 12.9. The molecule has 0 aliphatic heterocycles. The number of carbonyl (C=O) groups excluding carboxylic acids is 4.